The molecule has 2 heteroatoms. The van der Waals surface area contributed by atoms with Gasteiger partial charge in [0.25, 0.3) is 0 Å². The largest absolute Gasteiger partial charge is 0.300 e. The summed E-state index contributed by atoms with van der Waals surface area (Å²) in [7, 11) is 0. The van der Waals surface area contributed by atoms with Crippen molar-refractivity contribution in [1.29, 1.82) is 0 Å². The van der Waals surface area contributed by atoms with E-state index in [0.29, 0.717) is 30.8 Å². The first-order valence-electron chi connectivity index (χ1n) is 5.25. The van der Waals surface area contributed by atoms with Crippen molar-refractivity contribution in [1.82, 2.24) is 0 Å². The molecular formula is C12H16O2. The molecule has 76 valence electrons. The first kappa shape index (κ1) is 9.63. The number of Topliss-reactive ketones (excluding diaryl/α,β-unsaturated/α-hetero) is 2. The second-order valence-electron chi connectivity index (χ2n) is 4.79. The molecule has 0 bridgehead atoms. The van der Waals surface area contributed by atoms with Crippen molar-refractivity contribution in [2.45, 2.75) is 39.5 Å². The Bertz CT molecular complexity index is 327. The second kappa shape index (κ2) is 3.04. The smallest absolute Gasteiger partial charge is 0.143 e. The molecule has 14 heavy (non-hydrogen) atoms. The Morgan fingerprint density at radius 3 is 2.86 bits per heavy atom. The van der Waals surface area contributed by atoms with E-state index in [1.807, 2.05) is 19.9 Å². The van der Waals surface area contributed by atoms with Crippen LogP contribution in [0.1, 0.15) is 39.5 Å². The van der Waals surface area contributed by atoms with E-state index in [0.717, 1.165) is 6.42 Å². The number of hydrogen-bond acceptors (Lipinski definition) is 2. The average molecular weight is 192 g/mol. The Morgan fingerprint density at radius 2 is 2.14 bits per heavy atom. The first-order valence-corrected chi connectivity index (χ1v) is 5.25. The van der Waals surface area contributed by atoms with E-state index in [-0.39, 0.29) is 11.3 Å². The zero-order valence-corrected chi connectivity index (χ0v) is 8.80. The molecule has 0 saturated heterocycles. The summed E-state index contributed by atoms with van der Waals surface area (Å²) in [6.07, 6.45) is 4.47. The van der Waals surface area contributed by atoms with Crippen LogP contribution in [0.3, 0.4) is 0 Å². The minimum atomic E-state index is -0.243. The summed E-state index contributed by atoms with van der Waals surface area (Å²) in [6.45, 7) is 4.08. The molecule has 1 fully saturated rings. The number of hydrogen-bond donors (Lipinski definition) is 0. The van der Waals surface area contributed by atoms with Gasteiger partial charge in [0.2, 0.25) is 0 Å². The fraction of sp³-hybridized carbons (Fsp3) is 0.667. The Hall–Kier alpha value is -0.920. The number of carbonyl (C=O) groups excluding carboxylic acids is 2. The summed E-state index contributed by atoms with van der Waals surface area (Å²) in [6, 6.07) is 0. The highest BCUT2D eigenvalue weighted by molar-refractivity contribution is 5.91. The molecule has 2 rings (SSSR count). The van der Waals surface area contributed by atoms with Gasteiger partial charge in [0.1, 0.15) is 11.6 Å². The molecule has 1 saturated carbocycles. The molecule has 0 spiro atoms. The standard InChI is InChI=1S/C12H16O2/c1-8-3-4-11(14)12(2)6-5-9(13)7-10(8)12/h3,10H,4-7H2,1-2H3/t10-,12-/m0/s1. The van der Waals surface area contributed by atoms with Crippen LogP contribution in [0, 0.1) is 11.3 Å². The zero-order valence-electron chi connectivity index (χ0n) is 8.80. The van der Waals surface area contributed by atoms with Crippen molar-refractivity contribution >= 4 is 11.6 Å². The van der Waals surface area contributed by atoms with Crippen molar-refractivity contribution in [2.24, 2.45) is 11.3 Å². The lowest BCUT2D eigenvalue weighted by molar-refractivity contribution is -0.136. The van der Waals surface area contributed by atoms with Gasteiger partial charge in [-0.05, 0) is 19.3 Å². The van der Waals surface area contributed by atoms with Crippen LogP contribution in [0.5, 0.6) is 0 Å². The molecule has 2 aliphatic rings. The highest BCUT2D eigenvalue weighted by atomic mass is 16.1. The first-order chi connectivity index (χ1) is 6.54. The topological polar surface area (TPSA) is 34.1 Å². The lowest BCUT2D eigenvalue weighted by Gasteiger charge is -2.42. The Labute approximate surface area is 84.4 Å². The van der Waals surface area contributed by atoms with Crippen molar-refractivity contribution in [3.63, 3.8) is 0 Å². The molecular weight excluding hydrogens is 176 g/mol. The van der Waals surface area contributed by atoms with Crippen molar-refractivity contribution in [3.8, 4) is 0 Å². The number of rotatable bonds is 0. The van der Waals surface area contributed by atoms with Gasteiger partial charge in [-0.1, -0.05) is 18.6 Å². The summed E-state index contributed by atoms with van der Waals surface area (Å²) in [4.78, 5) is 23.2. The van der Waals surface area contributed by atoms with Crippen LogP contribution >= 0.6 is 0 Å². The number of allylic oxidation sites excluding steroid dienone is 2. The van der Waals surface area contributed by atoms with Gasteiger partial charge in [0, 0.05) is 24.7 Å². The summed E-state index contributed by atoms with van der Waals surface area (Å²) < 4.78 is 0. The Morgan fingerprint density at radius 1 is 1.43 bits per heavy atom. The summed E-state index contributed by atoms with van der Waals surface area (Å²) in [5, 5.41) is 0. The Kier molecular flexibility index (Phi) is 2.09. The van der Waals surface area contributed by atoms with Crippen LogP contribution in [0.15, 0.2) is 11.6 Å². The minimum absolute atomic E-state index is 0.185. The molecule has 0 amide bonds. The van der Waals surface area contributed by atoms with Crippen LogP contribution < -0.4 is 0 Å². The van der Waals surface area contributed by atoms with E-state index in [4.69, 9.17) is 0 Å². The average Bonchev–Trinajstić information content (AvgIpc) is 2.16. The molecule has 0 radical (unpaired) electrons. The van der Waals surface area contributed by atoms with Gasteiger partial charge >= 0.3 is 0 Å². The van der Waals surface area contributed by atoms with Gasteiger partial charge in [0.05, 0.1) is 0 Å². The van der Waals surface area contributed by atoms with Gasteiger partial charge in [-0.15, -0.1) is 0 Å². The third-order valence-corrected chi connectivity index (χ3v) is 3.92. The van der Waals surface area contributed by atoms with Gasteiger partial charge < -0.3 is 0 Å². The fourth-order valence-electron chi connectivity index (χ4n) is 2.75. The van der Waals surface area contributed by atoms with Gasteiger partial charge in [-0.25, -0.2) is 0 Å². The highest BCUT2D eigenvalue weighted by Gasteiger charge is 2.46. The number of fused-ring (bicyclic) bond motifs is 1. The normalized spacial score (nSPS) is 37.9. The van der Waals surface area contributed by atoms with Crippen molar-refractivity contribution in [2.75, 3.05) is 0 Å². The lowest BCUT2D eigenvalue weighted by Crippen LogP contribution is -2.43. The number of carbonyl (C=O) groups is 2. The van der Waals surface area contributed by atoms with Crippen molar-refractivity contribution in [3.05, 3.63) is 11.6 Å². The van der Waals surface area contributed by atoms with Gasteiger partial charge in [-0.2, -0.15) is 0 Å². The third-order valence-electron chi connectivity index (χ3n) is 3.92. The number of ketones is 2. The van der Waals surface area contributed by atoms with E-state index in [1.165, 1.54) is 5.57 Å². The van der Waals surface area contributed by atoms with Crippen LogP contribution in [-0.2, 0) is 9.59 Å². The summed E-state index contributed by atoms with van der Waals surface area (Å²) in [5.74, 6) is 0.820. The quantitative estimate of drug-likeness (QED) is 0.552. The fourth-order valence-corrected chi connectivity index (χ4v) is 2.75. The highest BCUT2D eigenvalue weighted by Crippen LogP contribution is 2.47. The summed E-state index contributed by atoms with van der Waals surface area (Å²) in [5.41, 5.74) is 0.993. The van der Waals surface area contributed by atoms with E-state index < -0.39 is 0 Å². The lowest BCUT2D eigenvalue weighted by atomic mass is 9.59. The second-order valence-corrected chi connectivity index (χ2v) is 4.79. The molecule has 2 aliphatic carbocycles. The maximum atomic E-state index is 11.8. The molecule has 0 aromatic heterocycles. The van der Waals surface area contributed by atoms with E-state index >= 15 is 0 Å². The zero-order chi connectivity index (χ0) is 10.3. The van der Waals surface area contributed by atoms with Crippen LogP contribution in [0.2, 0.25) is 0 Å². The van der Waals surface area contributed by atoms with Gasteiger partial charge in [0.15, 0.2) is 0 Å². The molecule has 0 N–H and O–H groups in total. The maximum absolute atomic E-state index is 11.8. The Balaban J connectivity index is 2.38. The van der Waals surface area contributed by atoms with Crippen LogP contribution in [0.25, 0.3) is 0 Å². The maximum Gasteiger partial charge on any atom is 0.143 e. The third kappa shape index (κ3) is 1.24. The molecule has 2 nitrogen and oxygen atoms in total. The van der Waals surface area contributed by atoms with Crippen LogP contribution in [0.4, 0.5) is 0 Å². The minimum Gasteiger partial charge on any atom is -0.300 e. The van der Waals surface area contributed by atoms with E-state index in [9.17, 15) is 9.59 Å². The molecule has 0 aliphatic heterocycles. The SMILES string of the molecule is CC1=CCC(=O)[C@@]2(C)CCC(=O)C[C@@H]12. The van der Waals surface area contributed by atoms with Gasteiger partial charge in [-0.3, -0.25) is 9.59 Å². The van der Waals surface area contributed by atoms with E-state index in [2.05, 4.69) is 0 Å². The predicted molar refractivity (Wildman–Crippen MR) is 53.8 cm³/mol. The summed E-state index contributed by atoms with van der Waals surface area (Å²) >= 11 is 0. The molecule has 0 aromatic carbocycles. The molecule has 0 aromatic rings. The monoisotopic (exact) mass is 192 g/mol. The predicted octanol–water partition coefficient (Wildman–Crippen LogP) is 2.28. The van der Waals surface area contributed by atoms with Crippen LogP contribution in [-0.4, -0.2) is 11.6 Å². The molecule has 2 atom stereocenters. The molecule has 0 heterocycles. The molecule has 0 unspecified atom stereocenters. The van der Waals surface area contributed by atoms with Crippen molar-refractivity contribution < 1.29 is 9.59 Å². The van der Waals surface area contributed by atoms with E-state index in [1.54, 1.807) is 0 Å².